The van der Waals surface area contributed by atoms with Crippen LogP contribution < -0.4 is 10.1 Å². The molecule has 4 heterocycles. The first-order valence-corrected chi connectivity index (χ1v) is 10.6. The lowest BCUT2D eigenvalue weighted by molar-refractivity contribution is -0.134. The van der Waals surface area contributed by atoms with Gasteiger partial charge in [-0.2, -0.15) is 0 Å². The molecule has 3 N–H and O–H groups in total. The molecule has 5 rings (SSSR count). The molecule has 1 atom stereocenters. The number of benzene rings is 1. The maximum atomic E-state index is 12.9. The molecule has 1 unspecified atom stereocenters. The number of aryl methyl sites for hydroxylation is 1. The number of nitrogens with one attached hydrogen (secondary N) is 1. The number of carboxylic acid groups (broad SMARTS) is 2. The third-order valence-corrected chi connectivity index (χ3v) is 6.06. The van der Waals surface area contributed by atoms with E-state index in [-0.39, 0.29) is 17.6 Å². The molecule has 3 saturated heterocycles. The summed E-state index contributed by atoms with van der Waals surface area (Å²) in [6, 6.07) is 6.25. The first kappa shape index (κ1) is 22.8. The normalized spacial score (nSPS) is 25.5. The van der Waals surface area contributed by atoms with E-state index in [2.05, 4.69) is 30.1 Å². The molecule has 1 aromatic carbocycles. The fourth-order valence-corrected chi connectivity index (χ4v) is 4.36. The van der Waals surface area contributed by atoms with Gasteiger partial charge in [0.1, 0.15) is 11.4 Å². The molecule has 0 aromatic heterocycles. The smallest absolute Gasteiger partial charge is 0.328 e. The van der Waals surface area contributed by atoms with Crippen molar-refractivity contribution < 1.29 is 29.3 Å². The van der Waals surface area contributed by atoms with Gasteiger partial charge in [-0.05, 0) is 70.2 Å². The topological polar surface area (TPSA) is 116 Å². The molecular formula is C23H30N2O6. The highest BCUT2D eigenvalue weighted by molar-refractivity contribution is 5.97. The number of aliphatic carboxylic acids is 2. The molecule has 2 bridgehead atoms. The van der Waals surface area contributed by atoms with Crippen molar-refractivity contribution >= 4 is 17.8 Å². The second kappa shape index (κ2) is 9.51. The Kier molecular flexibility index (Phi) is 7.00. The molecule has 8 nitrogen and oxygen atoms in total. The van der Waals surface area contributed by atoms with Gasteiger partial charge >= 0.3 is 11.9 Å². The highest BCUT2D eigenvalue weighted by Crippen LogP contribution is 2.36. The summed E-state index contributed by atoms with van der Waals surface area (Å²) in [5.41, 5.74) is 1.66. The number of ether oxygens (including phenoxy) is 1. The summed E-state index contributed by atoms with van der Waals surface area (Å²) in [6.45, 7) is 7.57. The van der Waals surface area contributed by atoms with E-state index in [1.165, 1.54) is 25.9 Å². The molecule has 1 amide bonds. The van der Waals surface area contributed by atoms with Crippen molar-refractivity contribution in [3.05, 3.63) is 41.5 Å². The fourth-order valence-electron chi connectivity index (χ4n) is 4.36. The van der Waals surface area contributed by atoms with Gasteiger partial charge in [0.25, 0.3) is 5.91 Å². The Morgan fingerprint density at radius 2 is 1.77 bits per heavy atom. The maximum absolute atomic E-state index is 12.9. The molecule has 0 radical (unpaired) electrons. The van der Waals surface area contributed by atoms with Crippen LogP contribution in [0.3, 0.4) is 0 Å². The lowest BCUT2D eigenvalue weighted by atomic mass is 9.84. The van der Waals surface area contributed by atoms with Gasteiger partial charge < -0.3 is 25.2 Å². The molecule has 0 aliphatic carbocycles. The number of nitrogens with zero attached hydrogens (tertiary/aromatic N) is 1. The van der Waals surface area contributed by atoms with Crippen LogP contribution in [0, 0.1) is 5.92 Å². The number of amides is 1. The maximum Gasteiger partial charge on any atom is 0.328 e. The molecule has 3 fully saturated rings. The Morgan fingerprint density at radius 1 is 1.13 bits per heavy atom. The second-order valence-electron chi connectivity index (χ2n) is 8.88. The van der Waals surface area contributed by atoms with Crippen LogP contribution in [0.15, 0.2) is 30.4 Å². The van der Waals surface area contributed by atoms with Gasteiger partial charge in [-0.1, -0.05) is 12.1 Å². The Balaban J connectivity index is 0.000000293. The molecule has 4 aliphatic heterocycles. The van der Waals surface area contributed by atoms with Crippen LogP contribution in [0.25, 0.3) is 0 Å². The molecule has 0 spiro atoms. The Labute approximate surface area is 181 Å². The first-order chi connectivity index (χ1) is 14.6. The van der Waals surface area contributed by atoms with Crippen LogP contribution in [0.1, 0.15) is 49.0 Å². The van der Waals surface area contributed by atoms with Gasteiger partial charge in [0.05, 0.1) is 5.56 Å². The number of carbonyl (C=O) groups excluding carboxylic acids is 1. The van der Waals surface area contributed by atoms with E-state index in [9.17, 15) is 14.4 Å². The van der Waals surface area contributed by atoms with Crippen molar-refractivity contribution in [2.24, 2.45) is 5.92 Å². The lowest BCUT2D eigenvalue weighted by Gasteiger charge is -2.45. The summed E-state index contributed by atoms with van der Waals surface area (Å²) < 4.78 is 6.15. The van der Waals surface area contributed by atoms with Crippen molar-refractivity contribution in [2.75, 3.05) is 19.6 Å². The SMILES string of the molecule is CC1(C)CCc2cccc(C(=O)NC3CN4CCC3CC4)c2O1.O=C(O)/C=C\C(=O)O. The highest BCUT2D eigenvalue weighted by Gasteiger charge is 2.36. The lowest BCUT2D eigenvalue weighted by Crippen LogP contribution is -2.57. The fraction of sp³-hybridized carbons (Fsp3) is 0.522. The summed E-state index contributed by atoms with van der Waals surface area (Å²) in [4.78, 5) is 34.4. The Morgan fingerprint density at radius 3 is 2.32 bits per heavy atom. The monoisotopic (exact) mass is 430 g/mol. The average molecular weight is 431 g/mol. The van der Waals surface area contributed by atoms with E-state index in [4.69, 9.17) is 14.9 Å². The number of piperidine rings is 3. The number of para-hydroxylation sites is 1. The van der Waals surface area contributed by atoms with Crippen LogP contribution >= 0.6 is 0 Å². The van der Waals surface area contributed by atoms with E-state index in [1.807, 2.05) is 12.1 Å². The van der Waals surface area contributed by atoms with Crippen molar-refractivity contribution in [3.63, 3.8) is 0 Å². The minimum Gasteiger partial charge on any atom is -0.487 e. The van der Waals surface area contributed by atoms with Crippen LogP contribution in [0.5, 0.6) is 5.75 Å². The zero-order chi connectivity index (χ0) is 22.6. The predicted molar refractivity (Wildman–Crippen MR) is 114 cm³/mol. The number of hydrogen-bond acceptors (Lipinski definition) is 5. The van der Waals surface area contributed by atoms with Gasteiger partial charge in [0.2, 0.25) is 0 Å². The van der Waals surface area contributed by atoms with Crippen LogP contribution in [0.4, 0.5) is 0 Å². The average Bonchev–Trinajstić information content (AvgIpc) is 2.72. The van der Waals surface area contributed by atoms with Gasteiger partial charge in [-0.3, -0.25) is 4.79 Å². The molecule has 31 heavy (non-hydrogen) atoms. The molecule has 0 saturated carbocycles. The highest BCUT2D eigenvalue weighted by atomic mass is 16.5. The van der Waals surface area contributed by atoms with Gasteiger partial charge in [-0.25, -0.2) is 9.59 Å². The second-order valence-corrected chi connectivity index (χ2v) is 8.88. The number of rotatable bonds is 4. The third-order valence-electron chi connectivity index (χ3n) is 6.06. The molecule has 8 heteroatoms. The molecular weight excluding hydrogens is 400 g/mol. The third kappa shape index (κ3) is 6.07. The zero-order valence-corrected chi connectivity index (χ0v) is 18.0. The standard InChI is InChI=1S/C19H26N2O2.C4H4O4/c1-19(2)9-6-14-4-3-5-15(17(14)23-19)18(22)20-16-12-21-10-7-13(16)8-11-21;5-3(6)1-2-4(7)8/h3-5,13,16H,6-12H2,1-2H3,(H,20,22);1-2H,(H,5,6)(H,7,8)/b;2-1-. The van der Waals surface area contributed by atoms with Crippen molar-refractivity contribution in [2.45, 2.75) is 51.2 Å². The summed E-state index contributed by atoms with van der Waals surface area (Å²) in [5, 5.41) is 18.9. The van der Waals surface area contributed by atoms with Gasteiger partial charge in [0, 0.05) is 24.7 Å². The largest absolute Gasteiger partial charge is 0.487 e. The van der Waals surface area contributed by atoms with Gasteiger partial charge in [0.15, 0.2) is 0 Å². The van der Waals surface area contributed by atoms with Gasteiger partial charge in [-0.15, -0.1) is 0 Å². The molecule has 1 aromatic rings. The zero-order valence-electron chi connectivity index (χ0n) is 18.0. The summed E-state index contributed by atoms with van der Waals surface area (Å²) in [6.07, 6.45) is 5.50. The predicted octanol–water partition coefficient (Wildman–Crippen LogP) is 2.33. The van der Waals surface area contributed by atoms with Crippen molar-refractivity contribution in [3.8, 4) is 5.75 Å². The van der Waals surface area contributed by atoms with Crippen LogP contribution in [-0.2, 0) is 16.0 Å². The van der Waals surface area contributed by atoms with E-state index in [1.54, 1.807) is 0 Å². The minimum absolute atomic E-state index is 0.0262. The van der Waals surface area contributed by atoms with Crippen molar-refractivity contribution in [1.82, 2.24) is 10.2 Å². The van der Waals surface area contributed by atoms with Crippen molar-refractivity contribution in [1.29, 1.82) is 0 Å². The first-order valence-electron chi connectivity index (χ1n) is 10.6. The van der Waals surface area contributed by atoms with E-state index >= 15 is 0 Å². The molecule has 168 valence electrons. The quantitative estimate of drug-likeness (QED) is 0.628. The van der Waals surface area contributed by atoms with E-state index < -0.39 is 11.9 Å². The van der Waals surface area contributed by atoms with Crippen LogP contribution in [-0.4, -0.2) is 64.2 Å². The summed E-state index contributed by atoms with van der Waals surface area (Å²) in [5.74, 6) is -1.05. The summed E-state index contributed by atoms with van der Waals surface area (Å²) >= 11 is 0. The minimum atomic E-state index is -1.26. The van der Waals surface area contributed by atoms with E-state index in [0.717, 1.165) is 30.7 Å². The number of carboxylic acids is 2. The molecule has 4 aliphatic rings. The van der Waals surface area contributed by atoms with E-state index in [0.29, 0.717) is 23.6 Å². The summed E-state index contributed by atoms with van der Waals surface area (Å²) in [7, 11) is 0. The van der Waals surface area contributed by atoms with Crippen LogP contribution in [0.2, 0.25) is 0 Å². The number of hydrogen-bond donors (Lipinski definition) is 3. The number of carbonyl (C=O) groups is 3. The number of fused-ring (bicyclic) bond motifs is 4. The Bertz CT molecular complexity index is 855. The Hall–Kier alpha value is -2.87.